The highest BCUT2D eigenvalue weighted by Crippen LogP contribution is 2.24. The molecule has 1 unspecified atom stereocenters. The van der Waals surface area contributed by atoms with E-state index >= 15 is 0 Å². The first-order valence-electron chi connectivity index (χ1n) is 8.96. The van der Waals surface area contributed by atoms with Gasteiger partial charge in [-0.25, -0.2) is 0 Å². The molecule has 0 spiro atoms. The third kappa shape index (κ3) is 4.71. The normalized spacial score (nSPS) is 20.6. The quantitative estimate of drug-likeness (QED) is 0.745. The number of benzene rings is 1. The Morgan fingerprint density at radius 3 is 2.41 bits per heavy atom. The van der Waals surface area contributed by atoms with Gasteiger partial charge in [-0.1, -0.05) is 31.0 Å². The molecule has 1 saturated carbocycles. The van der Waals surface area contributed by atoms with Crippen molar-refractivity contribution in [1.82, 2.24) is 0 Å². The number of aryl methyl sites for hydroxylation is 2. The zero-order valence-electron chi connectivity index (χ0n) is 13.6. The molecule has 0 aromatic heterocycles. The Labute approximate surface area is 141 Å². The highest BCUT2D eigenvalue weighted by Gasteiger charge is 2.19. The van der Waals surface area contributed by atoms with Crippen molar-refractivity contribution in [3.8, 4) is 0 Å². The molecule has 1 aromatic carbocycles. The van der Waals surface area contributed by atoms with Crippen LogP contribution in [0.4, 0.5) is 0 Å². The molecule has 0 amide bonds. The smallest absolute Gasteiger partial charge is 0.128 e. The summed E-state index contributed by atoms with van der Waals surface area (Å²) < 4.78 is 0. The maximum absolute atomic E-state index is 10.5. The third-order valence-corrected chi connectivity index (χ3v) is 5.35. The van der Waals surface area contributed by atoms with Crippen molar-refractivity contribution in [2.45, 2.75) is 76.4 Å². The van der Waals surface area contributed by atoms with Crippen LogP contribution in [0.5, 0.6) is 0 Å². The predicted octanol–water partition coefficient (Wildman–Crippen LogP) is -0.111. The summed E-state index contributed by atoms with van der Waals surface area (Å²) in [7, 11) is 0. The Morgan fingerprint density at radius 2 is 1.64 bits per heavy atom. The number of aliphatic hydroxyl groups is 1. The van der Waals surface area contributed by atoms with Crippen LogP contribution in [0.1, 0.15) is 74.2 Å². The van der Waals surface area contributed by atoms with Gasteiger partial charge < -0.3 is 22.8 Å². The number of aliphatic hydroxyl groups excluding tert-OH is 1. The second-order valence-corrected chi connectivity index (χ2v) is 6.97. The molecule has 2 nitrogen and oxygen atoms in total. The van der Waals surface area contributed by atoms with E-state index in [4.69, 9.17) is 0 Å². The van der Waals surface area contributed by atoms with Crippen LogP contribution in [-0.4, -0.2) is 17.7 Å². The van der Waals surface area contributed by atoms with Crippen LogP contribution in [0, 0.1) is 0 Å². The first-order valence-corrected chi connectivity index (χ1v) is 8.96. The molecule has 1 aromatic rings. The molecule has 3 N–H and O–H groups in total. The maximum Gasteiger partial charge on any atom is 0.128 e. The first-order chi connectivity index (χ1) is 10.3. The second-order valence-electron chi connectivity index (χ2n) is 6.97. The molecule has 2 aliphatic carbocycles. The van der Waals surface area contributed by atoms with Gasteiger partial charge in [0, 0.05) is 0 Å². The summed E-state index contributed by atoms with van der Waals surface area (Å²) in [6.45, 7) is 0.823. The Morgan fingerprint density at radius 1 is 0.955 bits per heavy atom. The van der Waals surface area contributed by atoms with Gasteiger partial charge in [-0.15, -0.1) is 0 Å². The number of rotatable bonds is 4. The summed E-state index contributed by atoms with van der Waals surface area (Å²) in [5, 5.41) is 12.9. The third-order valence-electron chi connectivity index (χ3n) is 5.35. The van der Waals surface area contributed by atoms with Crippen molar-refractivity contribution in [2.75, 3.05) is 6.54 Å². The van der Waals surface area contributed by atoms with Crippen LogP contribution in [-0.2, 0) is 12.8 Å². The summed E-state index contributed by atoms with van der Waals surface area (Å²) in [4.78, 5) is 0. The predicted molar refractivity (Wildman–Crippen MR) is 86.3 cm³/mol. The summed E-state index contributed by atoms with van der Waals surface area (Å²) in [6, 6.07) is 7.44. The van der Waals surface area contributed by atoms with E-state index in [-0.39, 0.29) is 18.5 Å². The zero-order chi connectivity index (χ0) is 14.5. The van der Waals surface area contributed by atoms with Gasteiger partial charge in [0.25, 0.3) is 0 Å². The fourth-order valence-electron chi connectivity index (χ4n) is 3.96. The van der Waals surface area contributed by atoms with Crippen molar-refractivity contribution >= 4 is 0 Å². The monoisotopic (exact) mass is 323 g/mol. The number of hydrogen-bond acceptors (Lipinski definition) is 1. The van der Waals surface area contributed by atoms with E-state index in [0.717, 1.165) is 18.2 Å². The lowest BCUT2D eigenvalue weighted by molar-refractivity contribution is -0.698. The summed E-state index contributed by atoms with van der Waals surface area (Å²) in [5.41, 5.74) is 4.13. The molecule has 0 bridgehead atoms. The average Bonchev–Trinajstić information content (AvgIpc) is 2.78. The van der Waals surface area contributed by atoms with Gasteiger partial charge >= 0.3 is 0 Å². The molecule has 0 heterocycles. The van der Waals surface area contributed by atoms with Gasteiger partial charge in [-0.2, -0.15) is 0 Å². The number of quaternary nitrogens is 1. The molecule has 3 heteroatoms. The Balaban J connectivity index is 0.00000176. The average molecular weight is 324 g/mol. The van der Waals surface area contributed by atoms with Gasteiger partial charge in [0.15, 0.2) is 0 Å². The minimum atomic E-state index is -0.305. The van der Waals surface area contributed by atoms with Crippen molar-refractivity contribution in [1.29, 1.82) is 0 Å². The van der Waals surface area contributed by atoms with Crippen molar-refractivity contribution < 1.29 is 22.8 Å². The summed E-state index contributed by atoms with van der Waals surface area (Å²) >= 11 is 0. The van der Waals surface area contributed by atoms with Crippen LogP contribution < -0.4 is 17.7 Å². The minimum absolute atomic E-state index is 0. The van der Waals surface area contributed by atoms with E-state index in [2.05, 4.69) is 23.5 Å². The summed E-state index contributed by atoms with van der Waals surface area (Å²) in [6.07, 6.45) is 12.9. The van der Waals surface area contributed by atoms with E-state index in [1.54, 1.807) is 0 Å². The van der Waals surface area contributed by atoms with Gasteiger partial charge in [-0.3, -0.25) is 0 Å². The van der Waals surface area contributed by atoms with Gasteiger partial charge in [0.05, 0.1) is 6.04 Å². The number of nitrogens with two attached hydrogens (primary N) is 1. The SMILES string of the molecule is OC(C[NH2+]C1CCCCC1)c1ccc2c(c1)CCCCC2.[Cl-]. The second kappa shape index (κ2) is 8.90. The molecule has 1 atom stereocenters. The van der Waals surface area contributed by atoms with Crippen LogP contribution in [0.15, 0.2) is 18.2 Å². The molecular weight excluding hydrogens is 294 g/mol. The van der Waals surface area contributed by atoms with E-state index in [1.165, 1.54) is 75.3 Å². The van der Waals surface area contributed by atoms with Crippen molar-refractivity contribution in [2.24, 2.45) is 0 Å². The van der Waals surface area contributed by atoms with Crippen molar-refractivity contribution in [3.05, 3.63) is 34.9 Å². The lowest BCUT2D eigenvalue weighted by Crippen LogP contribution is -3.00. The maximum atomic E-state index is 10.5. The Bertz CT molecular complexity index is 457. The molecule has 1 fully saturated rings. The fourth-order valence-corrected chi connectivity index (χ4v) is 3.96. The van der Waals surface area contributed by atoms with Crippen LogP contribution in [0.25, 0.3) is 0 Å². The van der Waals surface area contributed by atoms with E-state index in [9.17, 15) is 5.11 Å². The molecule has 0 saturated heterocycles. The van der Waals surface area contributed by atoms with Crippen molar-refractivity contribution in [3.63, 3.8) is 0 Å². The highest BCUT2D eigenvalue weighted by atomic mass is 35.5. The lowest BCUT2D eigenvalue weighted by atomic mass is 9.94. The van der Waals surface area contributed by atoms with Crippen LogP contribution in [0.3, 0.4) is 0 Å². The molecular formula is C19H30ClNO. The first kappa shape index (κ1) is 17.8. The zero-order valence-corrected chi connectivity index (χ0v) is 14.3. The molecule has 2 aliphatic rings. The minimum Gasteiger partial charge on any atom is -1.00 e. The standard InChI is InChI=1S/C19H29NO.ClH/c21-19(14-20-18-9-5-2-6-10-18)17-12-11-15-7-3-1-4-8-16(15)13-17;/h11-13,18-21H,1-10,14H2;1H. The number of halogens is 1. The molecule has 0 radical (unpaired) electrons. The van der Waals surface area contributed by atoms with Crippen LogP contribution in [0.2, 0.25) is 0 Å². The molecule has 124 valence electrons. The fraction of sp³-hybridized carbons (Fsp3) is 0.684. The molecule has 3 rings (SSSR count). The Kier molecular flexibility index (Phi) is 7.20. The van der Waals surface area contributed by atoms with Crippen LogP contribution >= 0.6 is 0 Å². The topological polar surface area (TPSA) is 36.8 Å². The Hall–Kier alpha value is -0.570. The van der Waals surface area contributed by atoms with Gasteiger partial charge in [0.1, 0.15) is 12.6 Å². The lowest BCUT2D eigenvalue weighted by Gasteiger charge is -2.21. The highest BCUT2D eigenvalue weighted by molar-refractivity contribution is 5.34. The van der Waals surface area contributed by atoms with E-state index in [0.29, 0.717) is 0 Å². The summed E-state index contributed by atoms with van der Waals surface area (Å²) in [5.74, 6) is 0. The molecule has 0 aliphatic heterocycles. The van der Waals surface area contributed by atoms with Gasteiger partial charge in [-0.05, 0) is 68.1 Å². The van der Waals surface area contributed by atoms with E-state index < -0.39 is 0 Å². The number of hydrogen-bond donors (Lipinski definition) is 2. The van der Waals surface area contributed by atoms with E-state index in [1.807, 2.05) is 0 Å². The number of fused-ring (bicyclic) bond motifs is 1. The largest absolute Gasteiger partial charge is 1.00 e. The molecule has 22 heavy (non-hydrogen) atoms. The van der Waals surface area contributed by atoms with Gasteiger partial charge in [0.2, 0.25) is 0 Å².